The average molecular weight is 389 g/mol. The van der Waals surface area contributed by atoms with Crippen LogP contribution in [0.25, 0.3) is 0 Å². The van der Waals surface area contributed by atoms with Gasteiger partial charge >= 0.3 is 29.6 Å². The molecule has 0 amide bonds. The molecule has 0 aliphatic heterocycles. The van der Waals surface area contributed by atoms with Crippen molar-refractivity contribution in [3.8, 4) is 0 Å². The molecule has 0 saturated carbocycles. The summed E-state index contributed by atoms with van der Waals surface area (Å²) in [5, 5.41) is 0. The van der Waals surface area contributed by atoms with Gasteiger partial charge < -0.3 is 4.74 Å². The fourth-order valence-corrected chi connectivity index (χ4v) is 3.54. The molecular weight excluding hydrogens is 347 g/mol. The summed E-state index contributed by atoms with van der Waals surface area (Å²) in [6.45, 7) is 6.17. The summed E-state index contributed by atoms with van der Waals surface area (Å²) in [6.07, 6.45) is 15.6. The van der Waals surface area contributed by atoms with Crippen LogP contribution in [0.1, 0.15) is 104 Å². The Morgan fingerprint density at radius 1 is 0.800 bits per heavy atom. The molecule has 0 aromatic rings. The Morgan fingerprint density at radius 2 is 1.24 bits per heavy atom. The maximum atomic E-state index is 10.9. The summed E-state index contributed by atoms with van der Waals surface area (Å²) in [4.78, 5) is 0. The van der Waals surface area contributed by atoms with E-state index in [1.54, 1.807) is 0 Å². The van der Waals surface area contributed by atoms with Crippen LogP contribution >= 0.6 is 0 Å². The zero-order valence-corrected chi connectivity index (χ0v) is 17.0. The second-order valence-electron chi connectivity index (χ2n) is 7.21. The number of unbranched alkanes of at least 4 members (excludes halogenated alkanes) is 10. The van der Waals surface area contributed by atoms with Gasteiger partial charge in [0.05, 0.1) is 18.0 Å². The fourth-order valence-electron chi connectivity index (χ4n) is 2.98. The van der Waals surface area contributed by atoms with Crippen LogP contribution in [0.5, 0.6) is 0 Å². The van der Waals surface area contributed by atoms with Crippen molar-refractivity contribution in [3.63, 3.8) is 0 Å². The van der Waals surface area contributed by atoms with Crippen LogP contribution in [-0.2, 0) is 14.9 Å². The number of hydrogen-bond acceptors (Lipinski definition) is 3. The third kappa shape index (κ3) is 22.8. The first kappa shape index (κ1) is 28.1. The zero-order chi connectivity index (χ0) is 18.3. The summed E-state index contributed by atoms with van der Waals surface area (Å²) in [6, 6.07) is 0. The van der Waals surface area contributed by atoms with Crippen molar-refractivity contribution in [1.82, 2.24) is 0 Å². The minimum absolute atomic E-state index is 0. The molecule has 0 radical (unpaired) electrons. The number of ether oxygens (including phenoxy) is 1. The maximum absolute atomic E-state index is 10.9. The van der Waals surface area contributed by atoms with Crippen LogP contribution in [0, 0.1) is 0 Å². The molecule has 1 unspecified atom stereocenters. The minimum atomic E-state index is -3.89. The van der Waals surface area contributed by atoms with Crippen LogP contribution in [0.3, 0.4) is 0 Å². The normalized spacial score (nSPS) is 13.0. The van der Waals surface area contributed by atoms with Gasteiger partial charge in [0.15, 0.2) is 0 Å². The van der Waals surface area contributed by atoms with E-state index in [0.29, 0.717) is 6.42 Å². The van der Waals surface area contributed by atoms with E-state index in [0.717, 1.165) is 12.8 Å². The summed E-state index contributed by atoms with van der Waals surface area (Å²) < 4.78 is 36.4. The Hall–Kier alpha value is 0.870. The van der Waals surface area contributed by atoms with E-state index < -0.39 is 10.1 Å². The van der Waals surface area contributed by atoms with E-state index in [1.165, 1.54) is 64.2 Å². The third-order valence-corrected chi connectivity index (χ3v) is 5.04. The van der Waals surface area contributed by atoms with E-state index in [4.69, 9.17) is 9.29 Å². The summed E-state index contributed by atoms with van der Waals surface area (Å²) in [5.41, 5.74) is 0. The molecule has 0 aromatic heterocycles. The van der Waals surface area contributed by atoms with Gasteiger partial charge in [-0.25, -0.2) is 0 Å². The van der Waals surface area contributed by atoms with Crippen molar-refractivity contribution in [3.05, 3.63) is 0 Å². The first-order chi connectivity index (χ1) is 11.3. The standard InChI is InChI=1S/C19H40O4S.Na.H/c1-4-5-6-7-8-9-10-11-12-13-14-15-19(23-18(2)3)16-17-24(20,21)22;;/h18-19H,4-17H2,1-3H3,(H,20,21,22);;. The Morgan fingerprint density at radius 3 is 1.64 bits per heavy atom. The molecule has 1 atom stereocenters. The first-order valence-corrected chi connectivity index (χ1v) is 11.6. The Labute approximate surface area is 178 Å². The van der Waals surface area contributed by atoms with Gasteiger partial charge in [-0.1, -0.05) is 77.6 Å². The van der Waals surface area contributed by atoms with Crippen LogP contribution < -0.4 is 0 Å². The molecule has 0 fully saturated rings. The van der Waals surface area contributed by atoms with E-state index >= 15 is 0 Å². The second-order valence-corrected chi connectivity index (χ2v) is 8.78. The Bertz CT molecular complexity index is 372. The number of rotatable bonds is 17. The molecule has 0 rings (SSSR count). The van der Waals surface area contributed by atoms with Crippen molar-refractivity contribution in [2.24, 2.45) is 0 Å². The van der Waals surface area contributed by atoms with E-state index in [2.05, 4.69) is 6.92 Å². The summed E-state index contributed by atoms with van der Waals surface area (Å²) in [5.74, 6) is -0.206. The van der Waals surface area contributed by atoms with Gasteiger partial charge in [0, 0.05) is 0 Å². The van der Waals surface area contributed by atoms with Gasteiger partial charge in [-0.3, -0.25) is 4.55 Å². The van der Waals surface area contributed by atoms with E-state index in [1.807, 2.05) is 13.8 Å². The van der Waals surface area contributed by atoms with Gasteiger partial charge in [-0.2, -0.15) is 8.42 Å². The predicted molar refractivity (Wildman–Crippen MR) is 109 cm³/mol. The van der Waals surface area contributed by atoms with E-state index in [-0.39, 0.29) is 47.5 Å². The molecule has 0 aromatic carbocycles. The molecule has 1 N–H and O–H groups in total. The van der Waals surface area contributed by atoms with Crippen molar-refractivity contribution < 1.29 is 17.7 Å². The van der Waals surface area contributed by atoms with Crippen molar-refractivity contribution in [2.75, 3.05) is 5.75 Å². The second kappa shape index (κ2) is 18.2. The topological polar surface area (TPSA) is 63.6 Å². The first-order valence-electron chi connectivity index (χ1n) is 9.95. The molecule has 0 aliphatic rings. The Balaban J connectivity index is 0. The average Bonchev–Trinajstić information content (AvgIpc) is 2.48. The van der Waals surface area contributed by atoms with Crippen LogP contribution in [0.15, 0.2) is 0 Å². The molecule has 0 saturated heterocycles. The van der Waals surface area contributed by atoms with Crippen molar-refractivity contribution in [1.29, 1.82) is 0 Å². The molecule has 0 heterocycles. The molecular formula is C19H41NaO4S. The van der Waals surface area contributed by atoms with Crippen LogP contribution in [0.4, 0.5) is 0 Å². The van der Waals surface area contributed by atoms with Crippen molar-refractivity contribution in [2.45, 2.75) is 116 Å². The molecule has 0 bridgehead atoms. The molecule has 25 heavy (non-hydrogen) atoms. The van der Waals surface area contributed by atoms with Gasteiger partial charge in [0.1, 0.15) is 0 Å². The molecule has 148 valence electrons. The van der Waals surface area contributed by atoms with Crippen LogP contribution in [0.2, 0.25) is 0 Å². The van der Waals surface area contributed by atoms with Gasteiger partial charge in [-0.05, 0) is 26.7 Å². The molecule has 0 aliphatic carbocycles. The third-order valence-electron chi connectivity index (χ3n) is 4.29. The van der Waals surface area contributed by atoms with Gasteiger partial charge in [0.2, 0.25) is 0 Å². The van der Waals surface area contributed by atoms with Crippen LogP contribution in [-0.4, -0.2) is 60.5 Å². The van der Waals surface area contributed by atoms with Gasteiger partial charge in [-0.15, -0.1) is 0 Å². The van der Waals surface area contributed by atoms with Crippen molar-refractivity contribution >= 4 is 39.7 Å². The predicted octanol–water partition coefficient (Wildman–Crippen LogP) is 5.11. The molecule has 0 spiro atoms. The Kier molecular flexibility index (Phi) is 20.5. The molecule has 6 heteroatoms. The summed E-state index contributed by atoms with van der Waals surface area (Å²) >= 11 is 0. The number of hydrogen-bond donors (Lipinski definition) is 1. The summed E-state index contributed by atoms with van der Waals surface area (Å²) in [7, 11) is -3.89. The quantitative estimate of drug-likeness (QED) is 0.214. The SMILES string of the molecule is CCCCCCCCCCCCCC(CCS(=O)(=O)O)OC(C)C.[NaH]. The fraction of sp³-hybridized carbons (Fsp3) is 1.00. The van der Waals surface area contributed by atoms with Gasteiger partial charge in [0.25, 0.3) is 10.1 Å². The monoisotopic (exact) mass is 388 g/mol. The molecule has 4 nitrogen and oxygen atoms in total. The zero-order valence-electron chi connectivity index (χ0n) is 16.1. The van der Waals surface area contributed by atoms with E-state index in [9.17, 15) is 8.42 Å².